The number of terminal acetylenes is 2. The van der Waals surface area contributed by atoms with Crippen molar-refractivity contribution in [2.24, 2.45) is 4.30 Å². The number of likely N-dealkylation sites (N-methyl/N-ethyl adjacent to an activating group) is 3. The molecular formula is C105H132BBrN11O9SSi4. The van der Waals surface area contributed by atoms with Gasteiger partial charge in [0.25, 0.3) is 5.91 Å². The van der Waals surface area contributed by atoms with Gasteiger partial charge in [0.15, 0.2) is 47.1 Å². The van der Waals surface area contributed by atoms with Gasteiger partial charge in [-0.05, 0) is 157 Å². The number of halogens is 1. The summed E-state index contributed by atoms with van der Waals surface area (Å²) in [6, 6.07) is 44.9. The fraction of sp³-hybridized carbons (Fsp3) is 0.400. The summed E-state index contributed by atoms with van der Waals surface area (Å²) in [5.41, 5.74) is 20.7. The molecule has 0 aliphatic carbocycles. The molecule has 1 radical (unpaired) electrons. The Kier molecular flexibility index (Phi) is 39.5. The molecule has 1 amide bonds. The average Bonchev–Trinajstić information content (AvgIpc) is 0.807. The summed E-state index contributed by atoms with van der Waals surface area (Å²) in [6.07, 6.45) is 17.7. The van der Waals surface area contributed by atoms with E-state index in [4.69, 9.17) is 27.1 Å². The first-order chi connectivity index (χ1) is 62.4. The van der Waals surface area contributed by atoms with E-state index < -0.39 is 32.3 Å². The first-order valence-electron chi connectivity index (χ1n) is 45.2. The molecule has 6 aliphatic rings. The Morgan fingerprint density at radius 3 is 1.39 bits per heavy atom. The van der Waals surface area contributed by atoms with Gasteiger partial charge in [0.1, 0.15) is 32.8 Å². The van der Waals surface area contributed by atoms with Gasteiger partial charge in [0, 0.05) is 180 Å². The van der Waals surface area contributed by atoms with Crippen molar-refractivity contribution in [1.29, 1.82) is 0 Å². The summed E-state index contributed by atoms with van der Waals surface area (Å²) >= 11 is 6.47. The first kappa shape index (κ1) is 106. The van der Waals surface area contributed by atoms with E-state index in [0.717, 1.165) is 159 Å². The van der Waals surface area contributed by atoms with Crippen LogP contribution in [0.2, 0.25) is 78.6 Å². The molecule has 6 aliphatic heterocycles. The van der Waals surface area contributed by atoms with Gasteiger partial charge in [0.2, 0.25) is 0 Å². The van der Waals surface area contributed by atoms with E-state index in [2.05, 4.69) is 288 Å². The summed E-state index contributed by atoms with van der Waals surface area (Å²) in [5.74, 6) is 11.7. The number of thiol groups is 1. The third kappa shape index (κ3) is 33.3. The van der Waals surface area contributed by atoms with Crippen molar-refractivity contribution in [2.45, 2.75) is 158 Å². The quantitative estimate of drug-likeness (QED) is 0.0354. The molecule has 1 N–H and O–H groups in total. The van der Waals surface area contributed by atoms with Crippen molar-refractivity contribution in [3.63, 3.8) is 0 Å². The van der Waals surface area contributed by atoms with Crippen LogP contribution in [-0.2, 0) is 66.1 Å². The Morgan fingerprint density at radius 1 is 0.470 bits per heavy atom. The van der Waals surface area contributed by atoms with Gasteiger partial charge in [-0.25, -0.2) is 4.98 Å². The summed E-state index contributed by atoms with van der Waals surface area (Å²) in [7, 11) is 5.11. The average molecular weight is 1930 g/mol. The molecular weight excluding hydrogens is 1790 g/mol. The van der Waals surface area contributed by atoms with E-state index in [0.29, 0.717) is 66.1 Å². The minimum absolute atomic E-state index is 0.0345. The molecule has 3 fully saturated rings. The van der Waals surface area contributed by atoms with E-state index in [-0.39, 0.29) is 54.6 Å². The zero-order valence-electron chi connectivity index (χ0n) is 80.9. The molecule has 3 aromatic heterocycles. The Labute approximate surface area is 803 Å². The Balaban J connectivity index is 0.000000192. The molecule has 0 saturated carbocycles. The third-order valence-electron chi connectivity index (χ3n) is 23.6. The number of piperazine rings is 3. The molecule has 0 atom stereocenters. The molecule has 27 heteroatoms. The van der Waals surface area contributed by atoms with Gasteiger partial charge in [-0.15, -0.1) is 18.4 Å². The standard InChI is InChI=1S/C33H38N4O3Si.C26H34N2OSi.C25H36N2OSi.C8H6BrNO2.C8H7NO2.C5H10Si.BHNS/c1-23-6-9-27(19-26(23)10-8-25-17-30-33(34-20-25)35-32(39)22-40-30)29(38)16-24-7-11-28(31(18-24)41(3,4)5)21-37-14-12-36(2)13-15-37;1-7-22-18-23(10-8-20(22)2)25(29)16-21-9-11-24(26(17-21)30(4,5)6)19-28-14-12-27(3)13-15-28;1-19-7-9-22(15-20(19)2)24(28)17-23-10-8-21(16-25(23)29(4,5)6)18-27-13-11-26(3)12-14-27;9-5-1-8-7(10-3-5)2-6(11)4-12-8;10-6-4-7-8(11-5-6)2-1-3-9-7;1-5-6(2,3)4;1-2-3/h6-7,9,11,17-20H,12-16,21-22H2,1-5H3,(H,34,35,39);1,8-11,17-18H,12-16,19H2,2-6H3;7-10,15-16H,11-14,17-18H2,1-6H3;1,3H,2,4H2;1-3H,4-5H2;1H,2-4H3;3H. The fourth-order valence-corrected chi connectivity index (χ4v) is 21.0. The zero-order valence-corrected chi connectivity index (χ0v) is 87.4. The Morgan fingerprint density at radius 2 is 0.894 bits per heavy atom. The molecule has 0 unspecified atom stereocenters. The molecule has 132 heavy (non-hydrogen) atoms. The Bertz CT molecular complexity index is 5760. The second-order valence-corrected chi connectivity index (χ2v) is 60.0. The number of anilines is 1. The van der Waals surface area contributed by atoms with Crippen LogP contribution in [0.4, 0.5) is 5.82 Å². The van der Waals surface area contributed by atoms with Crippen LogP contribution in [0, 0.1) is 63.8 Å². The maximum atomic E-state index is 13.4. The number of pyridine rings is 3. The number of carbonyl (C=O) groups excluding carboxylic acids is 6. The number of aromatic nitrogens is 3. The second kappa shape index (κ2) is 49.3. The van der Waals surface area contributed by atoms with Crippen LogP contribution < -0.4 is 35.1 Å². The van der Waals surface area contributed by atoms with E-state index in [9.17, 15) is 28.8 Å². The van der Waals surface area contributed by atoms with Crippen molar-refractivity contribution < 1.29 is 43.0 Å². The van der Waals surface area contributed by atoms with E-state index in [1.807, 2.05) is 74.5 Å². The van der Waals surface area contributed by atoms with E-state index >= 15 is 0 Å². The van der Waals surface area contributed by atoms with Crippen molar-refractivity contribution in [3.05, 3.63) is 257 Å². The molecule has 0 bridgehead atoms. The number of carbonyl (C=O) groups is 6. The molecule has 9 heterocycles. The van der Waals surface area contributed by atoms with Crippen LogP contribution in [0.1, 0.15) is 115 Å². The molecule has 9 aromatic rings. The number of nitrogens with one attached hydrogen (secondary N) is 1. The molecule has 3 saturated heterocycles. The number of benzene rings is 6. The Hall–Kier alpha value is -10.0. The predicted molar refractivity (Wildman–Crippen MR) is 555 cm³/mol. The van der Waals surface area contributed by atoms with Crippen LogP contribution in [0.15, 0.2) is 161 Å². The third-order valence-corrected chi connectivity index (χ3v) is 31.2. The van der Waals surface area contributed by atoms with Crippen molar-refractivity contribution in [1.82, 2.24) is 44.4 Å². The van der Waals surface area contributed by atoms with Crippen molar-refractivity contribution in [3.8, 4) is 53.4 Å². The number of nitrogens with zero attached hydrogens (tertiary/aromatic N) is 10. The molecule has 693 valence electrons. The summed E-state index contributed by atoms with van der Waals surface area (Å²) in [5, 5.41) is 7.03. The zero-order chi connectivity index (χ0) is 96.4. The molecule has 20 nitrogen and oxygen atoms in total. The number of amides is 1. The minimum atomic E-state index is -1.61. The van der Waals surface area contributed by atoms with Gasteiger partial charge >= 0.3 is 24.8 Å². The number of rotatable bonds is 18. The van der Waals surface area contributed by atoms with Gasteiger partial charge in [0.05, 0.1) is 48.5 Å². The monoisotopic (exact) mass is 1920 g/mol. The molecule has 15 rings (SSSR count). The van der Waals surface area contributed by atoms with Crippen LogP contribution in [0.5, 0.6) is 17.2 Å². The number of hydrogen-bond donors (Lipinski definition) is 2. The van der Waals surface area contributed by atoms with Crippen LogP contribution in [-0.4, -0.2) is 239 Å². The van der Waals surface area contributed by atoms with Gasteiger partial charge < -0.3 is 34.2 Å². The van der Waals surface area contributed by atoms with Crippen molar-refractivity contribution >= 4 is 125 Å². The summed E-state index contributed by atoms with van der Waals surface area (Å²) in [6.45, 7) is 52.8. The summed E-state index contributed by atoms with van der Waals surface area (Å²) < 4.78 is 19.3. The predicted octanol–water partition coefficient (Wildman–Crippen LogP) is 15.2. The molecule has 0 spiro atoms. The second-order valence-electron chi connectivity index (χ2n) is 39.0. The number of ketones is 5. The fourth-order valence-electron chi connectivity index (χ4n) is 15.5. The summed E-state index contributed by atoms with van der Waals surface area (Å²) in [4.78, 5) is 99.8. The number of Topliss-reactive ketones (excluding diaryl/α,β-unsaturated/α-hetero) is 5. The molecule has 6 aromatic carbocycles. The SMILES string of the molecule is C#C[Si](C)(C)C.C#Cc1cc(C(=O)Cc2ccc(CN3CCN(C)CC3)c([Si](C)(C)C)c2)ccc1C.Cc1ccc(C(=O)Cc2ccc(CN3CCN(C)CC3)c([Si](C)(C)C)c2)cc1C#Cc1cnc2c(c1)OCC(=O)N2.Cc1ccc(C(=O)Cc2ccc(CN3CCN(C)CC3)cc2[Si](C)(C)C)cc1C.O=C1COc2cc(Br)cnc2C1.O=C1COc2cccnc2C1.[B]=NS. The maximum absolute atomic E-state index is 13.4. The van der Waals surface area contributed by atoms with Gasteiger partial charge in [-0.2, -0.15) is 0 Å². The number of fused-ring (bicyclic) bond motifs is 3. The van der Waals surface area contributed by atoms with Gasteiger partial charge in [-0.1, -0.05) is 203 Å². The van der Waals surface area contributed by atoms with Gasteiger partial charge in [-0.3, -0.25) is 53.4 Å². The van der Waals surface area contributed by atoms with Crippen LogP contribution >= 0.6 is 28.7 Å². The normalized spacial score (nSPS) is 15.3. The topological polar surface area (TPSA) is 213 Å². The van der Waals surface area contributed by atoms with Crippen LogP contribution in [0.3, 0.4) is 0 Å². The van der Waals surface area contributed by atoms with Crippen molar-refractivity contribution in [2.75, 3.05) is 125 Å². The number of ether oxygens (including phenoxy) is 3. The van der Waals surface area contributed by atoms with E-state index in [1.165, 1.54) is 48.9 Å². The van der Waals surface area contributed by atoms with E-state index in [1.54, 1.807) is 30.7 Å². The van der Waals surface area contributed by atoms with Crippen LogP contribution in [0.25, 0.3) is 0 Å². The number of hydrogen-bond acceptors (Lipinski definition) is 20. The first-order valence-corrected chi connectivity index (χ1v) is 60.4. The number of aryl methyl sites for hydroxylation is 4.